The smallest absolute Gasteiger partial charge is 0.122 e. The Bertz CT molecular complexity index is 806. The van der Waals surface area contributed by atoms with E-state index in [0.717, 1.165) is 36.2 Å². The van der Waals surface area contributed by atoms with Crippen LogP contribution >= 0.6 is 15.9 Å². The molecule has 106 valence electrons. The maximum absolute atomic E-state index is 5.56. The van der Waals surface area contributed by atoms with E-state index in [4.69, 9.17) is 4.74 Å². The van der Waals surface area contributed by atoms with Crippen LogP contribution in [0.25, 0.3) is 10.9 Å². The summed E-state index contributed by atoms with van der Waals surface area (Å²) in [5.41, 5.74) is 4.03. The van der Waals surface area contributed by atoms with E-state index >= 15 is 0 Å². The third-order valence-electron chi connectivity index (χ3n) is 4.16. The third-order valence-corrected chi connectivity index (χ3v) is 4.85. The van der Waals surface area contributed by atoms with Crippen LogP contribution in [-0.4, -0.2) is 11.2 Å². The van der Waals surface area contributed by atoms with Crippen LogP contribution in [0.2, 0.25) is 0 Å². The molecule has 2 nitrogen and oxygen atoms in total. The molecule has 0 unspecified atom stereocenters. The first-order chi connectivity index (χ1) is 10.3. The molecule has 0 fully saturated rings. The number of aryl methyl sites for hydroxylation is 2. The van der Waals surface area contributed by atoms with Crippen molar-refractivity contribution in [2.45, 2.75) is 19.4 Å². The fourth-order valence-corrected chi connectivity index (χ4v) is 3.51. The summed E-state index contributed by atoms with van der Waals surface area (Å²) in [5, 5.41) is 1.28. The predicted octanol–water partition coefficient (Wildman–Crippen LogP) is 4.58. The molecule has 0 radical (unpaired) electrons. The molecular formula is C18H16BrNO. The summed E-state index contributed by atoms with van der Waals surface area (Å²) in [6.07, 6.45) is 4.26. The fraction of sp³-hybridized carbons (Fsp3) is 0.222. The van der Waals surface area contributed by atoms with Crippen molar-refractivity contribution in [2.75, 3.05) is 6.61 Å². The molecule has 0 amide bonds. The van der Waals surface area contributed by atoms with Gasteiger partial charge in [-0.05, 0) is 41.8 Å². The van der Waals surface area contributed by atoms with Crippen molar-refractivity contribution in [3.05, 3.63) is 64.3 Å². The van der Waals surface area contributed by atoms with Crippen molar-refractivity contribution < 1.29 is 4.74 Å². The van der Waals surface area contributed by atoms with Gasteiger partial charge < -0.3 is 9.30 Å². The monoisotopic (exact) mass is 341 g/mol. The van der Waals surface area contributed by atoms with Crippen LogP contribution < -0.4 is 4.74 Å². The van der Waals surface area contributed by atoms with Crippen LogP contribution in [0.15, 0.2) is 53.1 Å². The number of hydrogen-bond donors (Lipinski definition) is 0. The normalized spacial score (nSPS) is 13.4. The van der Waals surface area contributed by atoms with Gasteiger partial charge in [-0.1, -0.05) is 34.1 Å². The molecule has 2 heterocycles. The Hall–Kier alpha value is -1.74. The van der Waals surface area contributed by atoms with Crippen LogP contribution in [0.3, 0.4) is 0 Å². The van der Waals surface area contributed by atoms with E-state index in [9.17, 15) is 0 Å². The summed E-state index contributed by atoms with van der Waals surface area (Å²) in [7, 11) is 0. The number of benzene rings is 2. The first kappa shape index (κ1) is 13.0. The Morgan fingerprint density at radius 1 is 1.14 bits per heavy atom. The summed E-state index contributed by atoms with van der Waals surface area (Å²) >= 11 is 3.61. The molecule has 1 aromatic heterocycles. The van der Waals surface area contributed by atoms with Gasteiger partial charge in [-0.25, -0.2) is 0 Å². The molecule has 0 atom stereocenters. The third kappa shape index (κ3) is 2.36. The molecule has 0 bridgehead atoms. The minimum atomic E-state index is 0.828. The molecule has 0 spiro atoms. The molecule has 0 saturated carbocycles. The molecular weight excluding hydrogens is 326 g/mol. The van der Waals surface area contributed by atoms with Gasteiger partial charge in [0.1, 0.15) is 5.75 Å². The second-order valence-electron chi connectivity index (χ2n) is 5.47. The molecule has 1 aliphatic heterocycles. The second-order valence-corrected chi connectivity index (χ2v) is 6.33. The first-order valence-corrected chi connectivity index (χ1v) is 8.08. The molecule has 0 N–H and O–H groups in total. The van der Waals surface area contributed by atoms with Crippen molar-refractivity contribution in [1.82, 2.24) is 4.57 Å². The van der Waals surface area contributed by atoms with Gasteiger partial charge in [0.15, 0.2) is 0 Å². The summed E-state index contributed by atoms with van der Waals surface area (Å²) < 4.78 is 9.05. The van der Waals surface area contributed by atoms with E-state index in [1.165, 1.54) is 22.0 Å². The molecule has 0 saturated heterocycles. The van der Waals surface area contributed by atoms with Crippen LogP contribution in [-0.2, 0) is 19.4 Å². The highest BCUT2D eigenvalue weighted by Gasteiger charge is 2.12. The second kappa shape index (κ2) is 5.23. The number of hydrogen-bond acceptors (Lipinski definition) is 1. The van der Waals surface area contributed by atoms with Crippen LogP contribution in [0.1, 0.15) is 11.1 Å². The van der Waals surface area contributed by atoms with Crippen LogP contribution in [0, 0.1) is 0 Å². The SMILES string of the molecule is Brc1cccc2c1ccn2CCc1ccc2c(c1)CCO2. The van der Waals surface area contributed by atoms with Gasteiger partial charge in [-0.15, -0.1) is 0 Å². The zero-order valence-corrected chi connectivity index (χ0v) is 13.3. The molecule has 0 aliphatic carbocycles. The van der Waals surface area contributed by atoms with E-state index in [1.54, 1.807) is 0 Å². The Labute approximate surface area is 132 Å². The maximum Gasteiger partial charge on any atom is 0.122 e. The zero-order valence-electron chi connectivity index (χ0n) is 11.7. The lowest BCUT2D eigenvalue weighted by Crippen LogP contribution is -2.00. The standard InChI is InChI=1S/C18H16BrNO/c19-16-2-1-3-17-15(16)7-10-20(17)9-6-13-4-5-18-14(12-13)8-11-21-18/h1-5,7,10,12H,6,8-9,11H2. The largest absolute Gasteiger partial charge is 0.493 e. The van der Waals surface area contributed by atoms with Crippen molar-refractivity contribution >= 4 is 26.8 Å². The molecule has 3 heteroatoms. The van der Waals surface area contributed by atoms with E-state index in [0.29, 0.717) is 0 Å². The Kier molecular flexibility index (Phi) is 3.23. The van der Waals surface area contributed by atoms with Gasteiger partial charge in [0, 0.05) is 34.5 Å². The highest BCUT2D eigenvalue weighted by molar-refractivity contribution is 9.10. The number of halogens is 1. The minimum absolute atomic E-state index is 0.828. The number of fused-ring (bicyclic) bond motifs is 2. The number of aromatic nitrogens is 1. The molecule has 3 aromatic rings. The van der Waals surface area contributed by atoms with Crippen molar-refractivity contribution in [3.63, 3.8) is 0 Å². The average molecular weight is 342 g/mol. The molecule has 4 rings (SSSR count). The molecule has 21 heavy (non-hydrogen) atoms. The lowest BCUT2D eigenvalue weighted by atomic mass is 10.1. The van der Waals surface area contributed by atoms with Crippen molar-refractivity contribution in [1.29, 1.82) is 0 Å². The maximum atomic E-state index is 5.56. The Balaban J connectivity index is 1.57. The summed E-state index contributed by atoms with van der Waals surface area (Å²) in [5.74, 6) is 1.06. The topological polar surface area (TPSA) is 14.2 Å². The number of ether oxygens (including phenoxy) is 1. The lowest BCUT2D eigenvalue weighted by molar-refractivity contribution is 0.357. The van der Waals surface area contributed by atoms with Crippen LogP contribution in [0.5, 0.6) is 5.75 Å². The highest BCUT2D eigenvalue weighted by atomic mass is 79.9. The van der Waals surface area contributed by atoms with E-state index in [-0.39, 0.29) is 0 Å². The Morgan fingerprint density at radius 2 is 2.10 bits per heavy atom. The summed E-state index contributed by atoms with van der Waals surface area (Å²) in [6.45, 7) is 1.83. The Morgan fingerprint density at radius 3 is 3.05 bits per heavy atom. The lowest BCUT2D eigenvalue weighted by Gasteiger charge is -2.07. The van der Waals surface area contributed by atoms with E-state index in [2.05, 4.69) is 69.2 Å². The first-order valence-electron chi connectivity index (χ1n) is 7.29. The molecule has 1 aliphatic rings. The van der Waals surface area contributed by atoms with Gasteiger partial charge in [-0.2, -0.15) is 0 Å². The number of rotatable bonds is 3. The summed E-state index contributed by atoms with van der Waals surface area (Å²) in [6, 6.07) is 15.1. The van der Waals surface area contributed by atoms with Crippen molar-refractivity contribution in [2.24, 2.45) is 0 Å². The van der Waals surface area contributed by atoms with Gasteiger partial charge in [0.2, 0.25) is 0 Å². The van der Waals surface area contributed by atoms with E-state index in [1.807, 2.05) is 0 Å². The van der Waals surface area contributed by atoms with E-state index < -0.39 is 0 Å². The molecule has 2 aromatic carbocycles. The van der Waals surface area contributed by atoms with Crippen LogP contribution in [0.4, 0.5) is 0 Å². The van der Waals surface area contributed by atoms with Gasteiger partial charge >= 0.3 is 0 Å². The quantitative estimate of drug-likeness (QED) is 0.680. The predicted molar refractivity (Wildman–Crippen MR) is 89.0 cm³/mol. The van der Waals surface area contributed by atoms with Gasteiger partial charge in [0.05, 0.1) is 6.61 Å². The van der Waals surface area contributed by atoms with Crippen molar-refractivity contribution in [3.8, 4) is 5.75 Å². The zero-order chi connectivity index (χ0) is 14.2. The fourth-order valence-electron chi connectivity index (χ4n) is 3.03. The van der Waals surface area contributed by atoms with Gasteiger partial charge in [0.25, 0.3) is 0 Å². The summed E-state index contributed by atoms with van der Waals surface area (Å²) in [4.78, 5) is 0. The van der Waals surface area contributed by atoms with Gasteiger partial charge in [-0.3, -0.25) is 0 Å². The number of nitrogens with zero attached hydrogens (tertiary/aromatic N) is 1. The average Bonchev–Trinajstić information content (AvgIpc) is 3.12. The minimum Gasteiger partial charge on any atom is -0.493 e. The highest BCUT2D eigenvalue weighted by Crippen LogP contribution is 2.27.